The highest BCUT2D eigenvalue weighted by Crippen LogP contribution is 2.36. The van der Waals surface area contributed by atoms with E-state index in [-0.39, 0.29) is 6.17 Å². The first-order valence-corrected chi connectivity index (χ1v) is 12.8. The number of fused-ring (bicyclic) bond motifs is 1. The monoisotopic (exact) mass is 491 g/mol. The van der Waals surface area contributed by atoms with Gasteiger partial charge in [-0.2, -0.15) is 0 Å². The third-order valence-corrected chi connectivity index (χ3v) is 7.34. The zero-order valence-corrected chi connectivity index (χ0v) is 21.8. The molecule has 0 saturated carbocycles. The van der Waals surface area contributed by atoms with Gasteiger partial charge in [0.25, 0.3) is 0 Å². The van der Waals surface area contributed by atoms with Crippen LogP contribution in [-0.4, -0.2) is 79.6 Å². The fourth-order valence-corrected chi connectivity index (χ4v) is 5.29. The number of rotatable bonds is 9. The van der Waals surface area contributed by atoms with Crippen LogP contribution in [0.1, 0.15) is 29.0 Å². The lowest BCUT2D eigenvalue weighted by molar-refractivity contribution is 0.0385. The van der Waals surface area contributed by atoms with Crippen molar-refractivity contribution in [3.05, 3.63) is 76.7 Å². The summed E-state index contributed by atoms with van der Waals surface area (Å²) in [5.41, 5.74) is 5.79. The molecule has 36 heavy (non-hydrogen) atoms. The number of hydrogen-bond acceptors (Lipinski definition) is 8. The molecule has 1 atom stereocenters. The zero-order chi connectivity index (χ0) is 25.1. The predicted octanol–water partition coefficient (Wildman–Crippen LogP) is 3.51. The van der Waals surface area contributed by atoms with Crippen LogP contribution < -0.4 is 10.1 Å². The van der Waals surface area contributed by atoms with Crippen molar-refractivity contribution in [3.63, 3.8) is 0 Å². The molecule has 0 aliphatic carbocycles. The molecule has 192 valence electrons. The Bertz CT molecular complexity index is 1120. The second-order valence-corrected chi connectivity index (χ2v) is 9.59. The van der Waals surface area contributed by atoms with Crippen LogP contribution in [0.15, 0.2) is 58.7 Å². The summed E-state index contributed by atoms with van der Waals surface area (Å²) in [6.07, 6.45) is 8.69. The van der Waals surface area contributed by atoms with Gasteiger partial charge in [0.05, 0.1) is 31.7 Å². The smallest absolute Gasteiger partial charge is 0.141 e. The van der Waals surface area contributed by atoms with E-state index in [9.17, 15) is 0 Å². The van der Waals surface area contributed by atoms with Crippen LogP contribution >= 0.6 is 0 Å². The van der Waals surface area contributed by atoms with Gasteiger partial charge in [0.1, 0.15) is 23.5 Å². The quantitative estimate of drug-likeness (QED) is 0.572. The molecular weight excluding hydrogens is 454 g/mol. The minimum atomic E-state index is 0.107. The Morgan fingerprint density at radius 1 is 1.11 bits per heavy atom. The highest BCUT2D eigenvalue weighted by Gasteiger charge is 2.35. The number of methoxy groups -OCH3 is 1. The molecule has 0 radical (unpaired) electrons. The highest BCUT2D eigenvalue weighted by atomic mass is 16.5. The highest BCUT2D eigenvalue weighted by molar-refractivity contribution is 5.77. The number of likely N-dealkylation sites (N-methyl/N-ethyl adjacent to an activating group) is 1. The molecule has 3 aliphatic heterocycles. The third-order valence-electron chi connectivity index (χ3n) is 7.34. The number of aromatic nitrogens is 1. The summed E-state index contributed by atoms with van der Waals surface area (Å²) in [5.74, 6) is 2.93. The van der Waals surface area contributed by atoms with Gasteiger partial charge < -0.3 is 29.1 Å². The average Bonchev–Trinajstić information content (AvgIpc) is 3.38. The van der Waals surface area contributed by atoms with Gasteiger partial charge in [-0.05, 0) is 62.1 Å². The molecule has 1 aromatic heterocycles. The van der Waals surface area contributed by atoms with Gasteiger partial charge in [-0.3, -0.25) is 4.90 Å². The van der Waals surface area contributed by atoms with Gasteiger partial charge in [-0.15, -0.1) is 0 Å². The van der Waals surface area contributed by atoms with E-state index in [2.05, 4.69) is 62.7 Å². The maximum Gasteiger partial charge on any atom is 0.141 e. The number of hydrogen-bond donors (Lipinski definition) is 1. The molecule has 8 nitrogen and oxygen atoms in total. The van der Waals surface area contributed by atoms with Crippen molar-refractivity contribution in [2.24, 2.45) is 0 Å². The summed E-state index contributed by atoms with van der Waals surface area (Å²) >= 11 is 0. The van der Waals surface area contributed by atoms with Gasteiger partial charge in [0.2, 0.25) is 0 Å². The maximum absolute atomic E-state index is 5.51. The number of morpholine rings is 1. The van der Waals surface area contributed by atoms with Crippen molar-refractivity contribution < 1.29 is 14.0 Å². The van der Waals surface area contributed by atoms with Crippen LogP contribution in [0, 0.1) is 13.8 Å². The van der Waals surface area contributed by atoms with E-state index in [4.69, 9.17) is 14.0 Å². The summed E-state index contributed by atoms with van der Waals surface area (Å²) < 4.78 is 16.3. The maximum atomic E-state index is 5.51. The first-order chi connectivity index (χ1) is 17.5. The molecular formula is C28H37N5O3. The van der Waals surface area contributed by atoms with Crippen LogP contribution in [0.25, 0.3) is 5.57 Å². The van der Waals surface area contributed by atoms with Crippen LogP contribution in [-0.2, 0) is 11.2 Å². The Hall–Kier alpha value is -3.23. The first kappa shape index (κ1) is 24.5. The molecule has 0 spiro atoms. The van der Waals surface area contributed by atoms with Gasteiger partial charge in [-0.1, -0.05) is 17.3 Å². The molecule has 0 amide bonds. The molecule has 2 aromatic rings. The SMILES string of the molecule is COc1ccc(CCC2=C(NCCN3CCOCC3)N3C=CC(c4c(C)noc4C)=CC3N2C)cc1. The molecule has 8 heteroatoms. The lowest BCUT2D eigenvalue weighted by Crippen LogP contribution is -2.42. The van der Waals surface area contributed by atoms with Gasteiger partial charge in [0.15, 0.2) is 0 Å². The van der Waals surface area contributed by atoms with Crippen molar-refractivity contribution in [2.75, 3.05) is 53.6 Å². The third kappa shape index (κ3) is 5.01. The van der Waals surface area contributed by atoms with Crippen LogP contribution in [0.2, 0.25) is 0 Å². The Labute approximate surface area is 213 Å². The fourth-order valence-electron chi connectivity index (χ4n) is 5.29. The molecule has 1 aromatic carbocycles. The van der Waals surface area contributed by atoms with E-state index in [1.165, 1.54) is 17.1 Å². The minimum absolute atomic E-state index is 0.107. The Balaban J connectivity index is 1.35. The average molecular weight is 492 g/mol. The van der Waals surface area contributed by atoms with E-state index >= 15 is 0 Å². The Morgan fingerprint density at radius 3 is 2.58 bits per heavy atom. The summed E-state index contributed by atoms with van der Waals surface area (Å²) in [5, 5.41) is 7.95. The zero-order valence-electron chi connectivity index (χ0n) is 21.8. The van der Waals surface area contributed by atoms with Crippen molar-refractivity contribution >= 4 is 5.57 Å². The van der Waals surface area contributed by atoms with Crippen molar-refractivity contribution in [1.82, 2.24) is 25.2 Å². The van der Waals surface area contributed by atoms with Gasteiger partial charge in [0, 0.05) is 45.0 Å². The summed E-state index contributed by atoms with van der Waals surface area (Å²) in [6, 6.07) is 8.38. The number of benzene rings is 1. The van der Waals surface area contributed by atoms with Crippen LogP contribution in [0.4, 0.5) is 0 Å². The van der Waals surface area contributed by atoms with E-state index in [0.29, 0.717) is 0 Å². The van der Waals surface area contributed by atoms with E-state index in [0.717, 1.165) is 80.6 Å². The Kier molecular flexibility index (Phi) is 7.34. The van der Waals surface area contributed by atoms with Crippen molar-refractivity contribution in [3.8, 4) is 5.75 Å². The van der Waals surface area contributed by atoms with Gasteiger partial charge in [-0.25, -0.2) is 0 Å². The van der Waals surface area contributed by atoms with E-state index in [1.54, 1.807) is 7.11 Å². The second kappa shape index (κ2) is 10.8. The lowest BCUT2D eigenvalue weighted by Gasteiger charge is -2.32. The normalized spacial score (nSPS) is 20.1. The van der Waals surface area contributed by atoms with Crippen molar-refractivity contribution in [2.45, 2.75) is 32.9 Å². The van der Waals surface area contributed by atoms with Crippen LogP contribution in [0.5, 0.6) is 5.75 Å². The molecule has 1 N–H and O–H groups in total. The molecule has 4 heterocycles. The van der Waals surface area contributed by atoms with E-state index < -0.39 is 0 Å². The fraction of sp³-hybridized carbons (Fsp3) is 0.464. The molecule has 1 unspecified atom stereocenters. The number of nitrogens with zero attached hydrogens (tertiary/aromatic N) is 4. The largest absolute Gasteiger partial charge is 0.497 e. The lowest BCUT2D eigenvalue weighted by atomic mass is 10.0. The molecule has 3 aliphatic rings. The first-order valence-electron chi connectivity index (χ1n) is 12.8. The van der Waals surface area contributed by atoms with E-state index in [1.807, 2.05) is 26.0 Å². The Morgan fingerprint density at radius 2 is 1.89 bits per heavy atom. The minimum Gasteiger partial charge on any atom is -0.497 e. The van der Waals surface area contributed by atoms with Crippen LogP contribution in [0.3, 0.4) is 0 Å². The molecule has 5 rings (SSSR count). The van der Waals surface area contributed by atoms with Crippen molar-refractivity contribution in [1.29, 1.82) is 0 Å². The van der Waals surface area contributed by atoms with Gasteiger partial charge >= 0.3 is 0 Å². The number of allylic oxidation sites excluding steroid dienone is 3. The summed E-state index contributed by atoms with van der Waals surface area (Å²) in [7, 11) is 3.90. The standard InChI is InChI=1S/C28H37N5O3/c1-20-27(21(2)36-30-20)23-11-13-33-26(19-23)31(3)25(10-7-22-5-8-24(34-4)9-6-22)28(33)29-12-14-32-15-17-35-18-16-32/h5-6,8-9,11,13,19,26,29H,7,10,12,14-18H2,1-4H3. The summed E-state index contributed by atoms with van der Waals surface area (Å²) in [4.78, 5) is 7.21. The number of aryl methyl sites for hydroxylation is 3. The number of ether oxygens (including phenoxy) is 2. The molecule has 1 saturated heterocycles. The second-order valence-electron chi connectivity index (χ2n) is 9.59. The summed E-state index contributed by atoms with van der Waals surface area (Å²) in [6.45, 7) is 9.53. The predicted molar refractivity (Wildman–Crippen MR) is 140 cm³/mol. The topological polar surface area (TPSA) is 66.2 Å². The number of nitrogens with one attached hydrogen (secondary N) is 1. The molecule has 0 bridgehead atoms. The molecule has 1 fully saturated rings.